The van der Waals surface area contributed by atoms with Crippen molar-refractivity contribution in [3.63, 3.8) is 0 Å². The molecule has 1 aromatic carbocycles. The molecule has 0 bridgehead atoms. The SMILES string of the molecule is C\C=C/C=C(\C=N\O)C(=O)NCC(=O)N1CCN(c2c(F)cc(N3C[C@H](CNC(=O)OCC)OC3=O)cc2F)CC1. The first-order chi connectivity index (χ1) is 19.7. The van der Waals surface area contributed by atoms with Gasteiger partial charge in [0.1, 0.15) is 11.8 Å². The average molecular weight is 579 g/mol. The number of rotatable bonds is 10. The molecule has 0 spiro atoms. The minimum absolute atomic E-state index is 0.0260. The Bertz CT molecular complexity index is 1210. The normalized spacial score (nSPS) is 17.8. The summed E-state index contributed by atoms with van der Waals surface area (Å²) in [7, 11) is 0. The number of oxime groups is 1. The lowest BCUT2D eigenvalue weighted by molar-refractivity contribution is -0.132. The number of halogens is 2. The van der Waals surface area contributed by atoms with Gasteiger partial charge in [-0.1, -0.05) is 17.3 Å². The van der Waals surface area contributed by atoms with Gasteiger partial charge in [0.15, 0.2) is 11.6 Å². The lowest BCUT2D eigenvalue weighted by Crippen LogP contribution is -2.51. The van der Waals surface area contributed by atoms with E-state index in [2.05, 4.69) is 15.8 Å². The third-order valence-corrected chi connectivity index (χ3v) is 6.21. The molecular weight excluding hydrogens is 546 g/mol. The number of cyclic esters (lactones) is 1. The standard InChI is InChI=1S/C26H32F2N6O7/c1-3-5-6-17(13-31-39)24(36)29-15-22(35)32-7-9-33(10-8-32)23-20(27)11-18(12-21(23)28)34-16-19(41-26(34)38)14-30-25(37)40-4-2/h3,5-6,11-13,19,39H,4,7-10,14-16H2,1-2H3,(H,29,36)(H,30,37)/b5-3-,17-6+,31-13+/t19-/m0/s1. The Balaban J connectivity index is 1.56. The van der Waals surface area contributed by atoms with Crippen LogP contribution in [-0.2, 0) is 19.1 Å². The maximum absolute atomic E-state index is 15.1. The third-order valence-electron chi connectivity index (χ3n) is 6.21. The van der Waals surface area contributed by atoms with Crippen LogP contribution in [0.25, 0.3) is 0 Å². The van der Waals surface area contributed by atoms with E-state index in [1.807, 2.05) is 0 Å². The number of carbonyl (C=O) groups is 4. The maximum atomic E-state index is 15.1. The van der Waals surface area contributed by atoms with E-state index in [0.29, 0.717) is 0 Å². The van der Waals surface area contributed by atoms with Crippen molar-refractivity contribution in [1.29, 1.82) is 0 Å². The van der Waals surface area contributed by atoms with Crippen LogP contribution in [0.15, 0.2) is 41.1 Å². The van der Waals surface area contributed by atoms with Crippen LogP contribution in [0, 0.1) is 11.6 Å². The molecule has 0 aromatic heterocycles. The lowest BCUT2D eigenvalue weighted by Gasteiger charge is -2.36. The Morgan fingerprint density at radius 3 is 2.46 bits per heavy atom. The summed E-state index contributed by atoms with van der Waals surface area (Å²) in [6.07, 6.45) is 3.40. The minimum atomic E-state index is -0.890. The number of alkyl carbamates (subject to hydrolysis) is 1. The van der Waals surface area contributed by atoms with Crippen molar-refractivity contribution in [3.05, 3.63) is 47.6 Å². The van der Waals surface area contributed by atoms with Gasteiger partial charge in [0.25, 0.3) is 5.91 Å². The maximum Gasteiger partial charge on any atom is 0.414 e. The zero-order chi connectivity index (χ0) is 29.9. The molecule has 2 fully saturated rings. The topological polar surface area (TPSA) is 153 Å². The van der Waals surface area contributed by atoms with E-state index in [-0.39, 0.29) is 75.3 Å². The number of anilines is 2. The van der Waals surface area contributed by atoms with Crippen molar-refractivity contribution >= 4 is 41.6 Å². The molecule has 2 heterocycles. The van der Waals surface area contributed by atoms with Crippen LogP contribution in [0.2, 0.25) is 0 Å². The molecule has 41 heavy (non-hydrogen) atoms. The number of hydrogen-bond acceptors (Lipinski definition) is 9. The number of ether oxygens (including phenoxy) is 2. The molecule has 2 saturated heterocycles. The highest BCUT2D eigenvalue weighted by atomic mass is 19.1. The molecule has 13 nitrogen and oxygen atoms in total. The van der Waals surface area contributed by atoms with Crippen LogP contribution in [0.1, 0.15) is 13.8 Å². The lowest BCUT2D eigenvalue weighted by atomic mass is 10.2. The number of piperazine rings is 1. The Labute approximate surface area is 235 Å². The van der Waals surface area contributed by atoms with Crippen LogP contribution >= 0.6 is 0 Å². The van der Waals surface area contributed by atoms with Crippen LogP contribution in [0.3, 0.4) is 0 Å². The molecule has 0 saturated carbocycles. The summed E-state index contributed by atoms with van der Waals surface area (Å²) in [5, 5.41) is 16.5. The number of hydrogen-bond donors (Lipinski definition) is 3. The van der Waals surface area contributed by atoms with Crippen LogP contribution in [0.4, 0.5) is 29.7 Å². The van der Waals surface area contributed by atoms with Crippen molar-refractivity contribution in [3.8, 4) is 0 Å². The molecule has 2 aliphatic rings. The summed E-state index contributed by atoms with van der Waals surface area (Å²) >= 11 is 0. The first kappa shape index (κ1) is 30.8. The quantitative estimate of drug-likeness (QED) is 0.125. The van der Waals surface area contributed by atoms with Gasteiger partial charge in [-0.3, -0.25) is 14.5 Å². The zero-order valence-electron chi connectivity index (χ0n) is 22.6. The number of carbonyl (C=O) groups excluding carboxylic acids is 4. The first-order valence-corrected chi connectivity index (χ1v) is 12.9. The molecule has 0 unspecified atom stereocenters. The smallest absolute Gasteiger partial charge is 0.414 e. The van der Waals surface area contributed by atoms with Crippen molar-refractivity contribution in [2.45, 2.75) is 20.0 Å². The van der Waals surface area contributed by atoms with Gasteiger partial charge in [0, 0.05) is 38.3 Å². The molecule has 2 aliphatic heterocycles. The average Bonchev–Trinajstić information content (AvgIpc) is 3.33. The third kappa shape index (κ3) is 8.16. The second-order valence-electron chi connectivity index (χ2n) is 8.92. The Morgan fingerprint density at radius 1 is 1.17 bits per heavy atom. The van der Waals surface area contributed by atoms with E-state index in [1.165, 1.54) is 15.9 Å². The van der Waals surface area contributed by atoms with E-state index in [4.69, 9.17) is 14.7 Å². The van der Waals surface area contributed by atoms with E-state index < -0.39 is 35.8 Å². The van der Waals surface area contributed by atoms with Gasteiger partial charge >= 0.3 is 12.2 Å². The second-order valence-corrected chi connectivity index (χ2v) is 8.92. The van der Waals surface area contributed by atoms with Crippen molar-refractivity contribution in [1.82, 2.24) is 15.5 Å². The van der Waals surface area contributed by atoms with Crippen LogP contribution in [-0.4, -0.2) is 98.8 Å². The van der Waals surface area contributed by atoms with Crippen LogP contribution in [0.5, 0.6) is 0 Å². The van der Waals surface area contributed by atoms with Gasteiger partial charge in [-0.25, -0.2) is 18.4 Å². The predicted molar refractivity (Wildman–Crippen MR) is 144 cm³/mol. The van der Waals surface area contributed by atoms with E-state index in [1.54, 1.807) is 26.0 Å². The predicted octanol–water partition coefficient (Wildman–Crippen LogP) is 1.76. The molecule has 222 valence electrons. The van der Waals surface area contributed by atoms with E-state index in [0.717, 1.165) is 23.2 Å². The number of nitrogens with zero attached hydrogens (tertiary/aromatic N) is 4. The van der Waals surface area contributed by atoms with Gasteiger partial charge in [0.05, 0.1) is 43.7 Å². The molecule has 15 heteroatoms. The van der Waals surface area contributed by atoms with Gasteiger partial charge < -0.3 is 35.1 Å². The monoisotopic (exact) mass is 578 g/mol. The minimum Gasteiger partial charge on any atom is -0.450 e. The van der Waals surface area contributed by atoms with E-state index >= 15 is 8.78 Å². The fourth-order valence-electron chi connectivity index (χ4n) is 4.22. The summed E-state index contributed by atoms with van der Waals surface area (Å²) in [4.78, 5) is 52.6. The first-order valence-electron chi connectivity index (χ1n) is 12.9. The molecular formula is C26H32F2N6O7. The van der Waals surface area contributed by atoms with Crippen molar-refractivity contribution in [2.75, 3.05) is 62.2 Å². The number of allylic oxidation sites excluding steroid dienone is 3. The van der Waals surface area contributed by atoms with Gasteiger partial charge in [-0.15, -0.1) is 0 Å². The highest BCUT2D eigenvalue weighted by Gasteiger charge is 2.34. The van der Waals surface area contributed by atoms with Gasteiger partial charge in [-0.05, 0) is 19.9 Å². The van der Waals surface area contributed by atoms with Crippen LogP contribution < -0.4 is 20.4 Å². The number of nitrogens with one attached hydrogen (secondary N) is 2. The summed E-state index contributed by atoms with van der Waals surface area (Å²) in [5.41, 5.74) is -0.279. The summed E-state index contributed by atoms with van der Waals surface area (Å²) in [6, 6.07) is 2.06. The second kappa shape index (κ2) is 14.6. The zero-order valence-corrected chi connectivity index (χ0v) is 22.6. The fraction of sp³-hybridized carbons (Fsp3) is 0.423. The van der Waals surface area contributed by atoms with Crippen molar-refractivity contribution < 1.29 is 42.6 Å². The molecule has 4 amide bonds. The molecule has 3 rings (SSSR count). The van der Waals surface area contributed by atoms with Gasteiger partial charge in [0.2, 0.25) is 5.91 Å². The highest BCUT2D eigenvalue weighted by molar-refractivity contribution is 6.12. The molecule has 0 aliphatic carbocycles. The fourth-order valence-corrected chi connectivity index (χ4v) is 4.22. The molecule has 1 atom stereocenters. The number of amides is 4. The van der Waals surface area contributed by atoms with E-state index in [9.17, 15) is 19.2 Å². The molecule has 3 N–H and O–H groups in total. The molecule has 1 aromatic rings. The number of benzene rings is 1. The Morgan fingerprint density at radius 2 is 1.85 bits per heavy atom. The molecule has 0 radical (unpaired) electrons. The van der Waals surface area contributed by atoms with Gasteiger partial charge in [-0.2, -0.15) is 0 Å². The highest BCUT2D eigenvalue weighted by Crippen LogP contribution is 2.31. The Hall–Kier alpha value is -4.69. The van der Waals surface area contributed by atoms with Crippen molar-refractivity contribution in [2.24, 2.45) is 5.16 Å². The summed E-state index contributed by atoms with van der Waals surface area (Å²) in [5.74, 6) is -2.78. The summed E-state index contributed by atoms with van der Waals surface area (Å²) in [6.45, 7) is 3.76. The largest absolute Gasteiger partial charge is 0.450 e. The summed E-state index contributed by atoms with van der Waals surface area (Å²) < 4.78 is 40.1. The Kier molecular flexibility index (Phi) is 11.0.